The number of thioether (sulfide) groups is 1. The van der Waals surface area contributed by atoms with E-state index in [-0.39, 0.29) is 12.3 Å². The lowest BCUT2D eigenvalue weighted by molar-refractivity contribution is -0.192. The van der Waals surface area contributed by atoms with Crippen molar-refractivity contribution in [2.75, 3.05) is 6.54 Å². The number of carbonyl (C=O) groups is 3. The zero-order valence-electron chi connectivity index (χ0n) is 19.7. The lowest BCUT2D eigenvalue weighted by Gasteiger charge is -2.16. The van der Waals surface area contributed by atoms with Crippen LogP contribution in [0.3, 0.4) is 0 Å². The number of benzene rings is 1. The van der Waals surface area contributed by atoms with Gasteiger partial charge in [0.15, 0.2) is 0 Å². The Balaban J connectivity index is 0.000000532. The Morgan fingerprint density at radius 2 is 1.77 bits per heavy atom. The van der Waals surface area contributed by atoms with Gasteiger partial charge in [-0.3, -0.25) is 19.4 Å². The summed E-state index contributed by atoms with van der Waals surface area (Å²) >= 11 is 7.75. The van der Waals surface area contributed by atoms with E-state index in [1.54, 1.807) is 18.3 Å². The number of aromatic nitrogens is 2. The Morgan fingerprint density at radius 3 is 2.33 bits per heavy atom. The van der Waals surface area contributed by atoms with Crippen LogP contribution in [0.15, 0.2) is 47.4 Å². The SMILES string of the molecule is O=C(O)C(F)(F)F.O=C(O)CNC(=O)c1c(O)c2c(n(Cc3ccc(-c4ccccc4Cl)nc3)c1=O)CSC2. The standard InChI is InChI=1S/C22H18ClN3O5S.C2HF3O2/c23-15-4-2-1-3-13(15)16-6-5-12(7-24-16)9-26-17-11-32-10-14(17)20(29)19(22(26)31)21(30)25-8-18(27)28;3-2(4,5)1(6)7/h1-7,29H,8-11H2,(H,25,30)(H,27,28);(H,6,7). The molecule has 39 heavy (non-hydrogen) atoms. The van der Waals surface area contributed by atoms with E-state index >= 15 is 0 Å². The third kappa shape index (κ3) is 7.09. The minimum Gasteiger partial charge on any atom is -0.507 e. The number of rotatable bonds is 6. The Morgan fingerprint density at radius 1 is 1.10 bits per heavy atom. The van der Waals surface area contributed by atoms with Crippen molar-refractivity contribution in [1.82, 2.24) is 14.9 Å². The van der Waals surface area contributed by atoms with Gasteiger partial charge < -0.3 is 25.2 Å². The molecule has 1 aromatic carbocycles. The van der Waals surface area contributed by atoms with Crippen molar-refractivity contribution in [3.8, 4) is 17.0 Å². The van der Waals surface area contributed by atoms with Crippen molar-refractivity contribution in [2.24, 2.45) is 0 Å². The summed E-state index contributed by atoms with van der Waals surface area (Å²) in [5.41, 5.74) is 2.22. The predicted octanol–water partition coefficient (Wildman–Crippen LogP) is 3.51. The summed E-state index contributed by atoms with van der Waals surface area (Å²) in [5, 5.41) is 29.2. The summed E-state index contributed by atoms with van der Waals surface area (Å²) in [5.74, 6) is -4.35. The number of amides is 1. The average Bonchev–Trinajstić information content (AvgIpc) is 3.36. The van der Waals surface area contributed by atoms with Crippen LogP contribution in [0.25, 0.3) is 11.3 Å². The summed E-state index contributed by atoms with van der Waals surface area (Å²) in [6.45, 7) is -0.506. The fourth-order valence-corrected chi connectivity index (χ4v) is 4.89. The Bertz CT molecular complexity index is 1480. The lowest BCUT2D eigenvalue weighted by atomic mass is 10.1. The molecule has 2 aromatic heterocycles. The molecule has 0 bridgehead atoms. The molecular formula is C24H19ClF3N3O7S. The van der Waals surface area contributed by atoms with Gasteiger partial charge in [-0.05, 0) is 17.7 Å². The van der Waals surface area contributed by atoms with E-state index in [0.29, 0.717) is 33.5 Å². The van der Waals surface area contributed by atoms with Crippen molar-refractivity contribution in [3.63, 3.8) is 0 Å². The van der Waals surface area contributed by atoms with Crippen LogP contribution in [-0.4, -0.2) is 55.4 Å². The molecule has 4 N–H and O–H groups in total. The largest absolute Gasteiger partial charge is 0.507 e. The van der Waals surface area contributed by atoms with E-state index in [0.717, 1.165) is 11.1 Å². The van der Waals surface area contributed by atoms with Gasteiger partial charge in [0, 0.05) is 39.5 Å². The van der Waals surface area contributed by atoms with Gasteiger partial charge in [0.25, 0.3) is 11.5 Å². The minimum atomic E-state index is -5.08. The highest BCUT2D eigenvalue weighted by molar-refractivity contribution is 7.98. The van der Waals surface area contributed by atoms with E-state index in [1.165, 1.54) is 16.3 Å². The van der Waals surface area contributed by atoms with Crippen LogP contribution in [0.5, 0.6) is 5.75 Å². The number of fused-ring (bicyclic) bond motifs is 1. The summed E-state index contributed by atoms with van der Waals surface area (Å²) in [4.78, 5) is 49.7. The molecule has 0 radical (unpaired) electrons. The molecule has 0 unspecified atom stereocenters. The molecule has 3 aromatic rings. The Labute approximate surface area is 227 Å². The maximum atomic E-state index is 13.1. The number of carboxylic acid groups (broad SMARTS) is 2. The van der Waals surface area contributed by atoms with Gasteiger partial charge in [0.2, 0.25) is 0 Å². The number of pyridine rings is 2. The highest BCUT2D eigenvalue weighted by Crippen LogP contribution is 2.36. The van der Waals surface area contributed by atoms with Crippen molar-refractivity contribution in [3.05, 3.63) is 80.4 Å². The van der Waals surface area contributed by atoms with E-state index in [4.69, 9.17) is 26.6 Å². The number of nitrogens with one attached hydrogen (secondary N) is 1. The van der Waals surface area contributed by atoms with Gasteiger partial charge >= 0.3 is 18.1 Å². The molecule has 4 rings (SSSR count). The summed E-state index contributed by atoms with van der Waals surface area (Å²) < 4.78 is 33.2. The predicted molar refractivity (Wildman–Crippen MR) is 135 cm³/mol. The summed E-state index contributed by atoms with van der Waals surface area (Å²) in [6.07, 6.45) is -3.45. The third-order valence-corrected chi connectivity index (χ3v) is 6.63. The van der Waals surface area contributed by atoms with E-state index in [9.17, 15) is 32.7 Å². The van der Waals surface area contributed by atoms with Gasteiger partial charge in [0.05, 0.1) is 12.2 Å². The minimum absolute atomic E-state index is 0.150. The molecule has 1 aliphatic heterocycles. The second kappa shape index (κ2) is 12.2. The first-order valence-electron chi connectivity index (χ1n) is 10.9. The van der Waals surface area contributed by atoms with Crippen molar-refractivity contribution in [2.45, 2.75) is 24.2 Å². The van der Waals surface area contributed by atoms with Crippen LogP contribution in [0.1, 0.15) is 27.2 Å². The van der Waals surface area contributed by atoms with E-state index in [1.807, 2.05) is 24.3 Å². The number of hydrogen-bond acceptors (Lipinski definition) is 7. The fourth-order valence-electron chi connectivity index (χ4n) is 3.52. The second-order valence-electron chi connectivity index (χ2n) is 7.94. The Kier molecular flexibility index (Phi) is 9.24. The quantitative estimate of drug-likeness (QED) is 0.339. The molecule has 0 atom stereocenters. The van der Waals surface area contributed by atoms with Gasteiger partial charge in [-0.15, -0.1) is 0 Å². The molecular weight excluding hydrogens is 567 g/mol. The highest BCUT2D eigenvalue weighted by Gasteiger charge is 2.38. The van der Waals surface area contributed by atoms with Crippen LogP contribution < -0.4 is 10.9 Å². The van der Waals surface area contributed by atoms with Gasteiger partial charge in [-0.1, -0.05) is 35.9 Å². The van der Waals surface area contributed by atoms with Gasteiger partial charge in [0.1, 0.15) is 17.9 Å². The molecule has 15 heteroatoms. The number of carbonyl (C=O) groups excluding carboxylic acids is 1. The molecule has 206 valence electrons. The zero-order chi connectivity index (χ0) is 28.9. The van der Waals surface area contributed by atoms with Crippen LogP contribution in [0.2, 0.25) is 5.02 Å². The molecule has 10 nitrogen and oxygen atoms in total. The van der Waals surface area contributed by atoms with E-state index in [2.05, 4.69) is 10.3 Å². The number of halogens is 4. The maximum Gasteiger partial charge on any atom is 0.490 e. The first-order chi connectivity index (χ1) is 18.3. The molecule has 1 aliphatic rings. The molecule has 0 spiro atoms. The monoisotopic (exact) mass is 585 g/mol. The van der Waals surface area contributed by atoms with Crippen LogP contribution in [0, 0.1) is 0 Å². The first kappa shape index (κ1) is 29.5. The lowest BCUT2D eigenvalue weighted by Crippen LogP contribution is -2.37. The fraction of sp³-hybridized carbons (Fsp3) is 0.208. The van der Waals surface area contributed by atoms with Crippen molar-refractivity contribution < 1.29 is 42.9 Å². The molecule has 3 heterocycles. The molecule has 0 aliphatic carbocycles. The maximum absolute atomic E-state index is 13.1. The highest BCUT2D eigenvalue weighted by atomic mass is 35.5. The van der Waals surface area contributed by atoms with Crippen molar-refractivity contribution in [1.29, 1.82) is 0 Å². The number of alkyl halides is 3. The smallest absolute Gasteiger partial charge is 0.490 e. The summed E-state index contributed by atoms with van der Waals surface area (Å²) in [6, 6.07) is 11.0. The first-order valence-corrected chi connectivity index (χ1v) is 12.4. The topological polar surface area (TPSA) is 159 Å². The van der Waals surface area contributed by atoms with Gasteiger partial charge in [-0.25, -0.2) is 4.79 Å². The van der Waals surface area contributed by atoms with E-state index < -0.39 is 41.7 Å². The number of carboxylic acids is 2. The number of hydrogen-bond donors (Lipinski definition) is 4. The molecule has 0 fully saturated rings. The number of nitrogens with zero attached hydrogens (tertiary/aromatic N) is 2. The summed E-state index contributed by atoms with van der Waals surface area (Å²) in [7, 11) is 0. The normalized spacial score (nSPS) is 12.2. The van der Waals surface area contributed by atoms with Gasteiger partial charge in [-0.2, -0.15) is 24.9 Å². The number of aliphatic carboxylic acids is 2. The van der Waals surface area contributed by atoms with Crippen molar-refractivity contribution >= 4 is 41.2 Å². The zero-order valence-corrected chi connectivity index (χ0v) is 21.2. The molecule has 1 amide bonds. The Hall–Kier alpha value is -4.04. The third-order valence-electron chi connectivity index (χ3n) is 5.33. The second-order valence-corrected chi connectivity index (χ2v) is 9.34. The molecule has 0 saturated heterocycles. The van der Waals surface area contributed by atoms with Crippen LogP contribution in [-0.2, 0) is 27.6 Å². The van der Waals surface area contributed by atoms with Crippen LogP contribution >= 0.6 is 23.4 Å². The number of aromatic hydroxyl groups is 1. The van der Waals surface area contributed by atoms with Crippen LogP contribution in [0.4, 0.5) is 13.2 Å². The molecule has 0 saturated carbocycles. The average molecular weight is 586 g/mol.